The number of carboxylic acids is 1. The highest BCUT2D eigenvalue weighted by Crippen LogP contribution is 2.10. The van der Waals surface area contributed by atoms with Crippen molar-refractivity contribution in [2.45, 2.75) is 11.7 Å². The van der Waals surface area contributed by atoms with Gasteiger partial charge in [0.05, 0.1) is 0 Å². The molecule has 0 saturated heterocycles. The van der Waals surface area contributed by atoms with E-state index in [1.165, 1.54) is 7.05 Å². The van der Waals surface area contributed by atoms with Crippen LogP contribution in [0.3, 0.4) is 0 Å². The summed E-state index contributed by atoms with van der Waals surface area (Å²) < 4.78 is 0. The third-order valence-corrected chi connectivity index (χ3v) is 2.15. The average Bonchev–Trinajstić information content (AvgIpc) is 1.99. The topological polar surface area (TPSA) is 66.4 Å². The van der Waals surface area contributed by atoms with Crippen LogP contribution in [0.5, 0.6) is 0 Å². The van der Waals surface area contributed by atoms with Crippen LogP contribution in [0, 0.1) is 0 Å². The van der Waals surface area contributed by atoms with E-state index in [9.17, 15) is 9.59 Å². The highest BCUT2D eigenvalue weighted by atomic mass is 32.2. The van der Waals surface area contributed by atoms with E-state index in [4.69, 9.17) is 5.11 Å². The normalized spacial score (nSPS) is 12.2. The fourth-order valence-corrected chi connectivity index (χ4v) is 1.06. The molecule has 0 fully saturated rings. The highest BCUT2D eigenvalue weighted by Gasteiger charge is 2.18. The first kappa shape index (κ1) is 10.3. The summed E-state index contributed by atoms with van der Waals surface area (Å²) in [5.41, 5.74) is 0. The van der Waals surface area contributed by atoms with Gasteiger partial charge in [-0.15, -0.1) is 11.8 Å². The van der Waals surface area contributed by atoms with Crippen molar-refractivity contribution in [3.8, 4) is 0 Å². The van der Waals surface area contributed by atoms with Crippen LogP contribution in [0.25, 0.3) is 0 Å². The van der Waals surface area contributed by atoms with Crippen molar-refractivity contribution >= 4 is 23.6 Å². The molecule has 0 aromatic rings. The lowest BCUT2D eigenvalue weighted by atomic mass is 10.3. The number of thioether (sulfide) groups is 1. The van der Waals surface area contributed by atoms with Crippen LogP contribution in [0.2, 0.25) is 0 Å². The Kier molecular flexibility index (Phi) is 4.69. The standard InChI is InChI=1S/C6H11NO3S/c1-7-5(8)3-4(11-2)6(9)10/h4H,3H2,1-2H3,(H,7,8)(H,9,10)/t4-/m1/s1. The maximum Gasteiger partial charge on any atom is 0.317 e. The Labute approximate surface area is 69.4 Å². The maximum absolute atomic E-state index is 10.7. The van der Waals surface area contributed by atoms with E-state index in [1.54, 1.807) is 6.26 Å². The van der Waals surface area contributed by atoms with E-state index in [1.807, 2.05) is 0 Å². The zero-order chi connectivity index (χ0) is 8.85. The molecule has 0 aromatic carbocycles. The zero-order valence-corrected chi connectivity index (χ0v) is 7.27. The quantitative estimate of drug-likeness (QED) is 0.631. The Hall–Kier alpha value is -0.710. The Morgan fingerprint density at radius 2 is 2.18 bits per heavy atom. The number of rotatable bonds is 4. The van der Waals surface area contributed by atoms with Crippen LogP contribution < -0.4 is 5.32 Å². The first-order chi connectivity index (χ1) is 5.11. The van der Waals surface area contributed by atoms with E-state index in [2.05, 4.69) is 5.32 Å². The van der Waals surface area contributed by atoms with Gasteiger partial charge in [0.1, 0.15) is 5.25 Å². The predicted octanol–water partition coefficient (Wildman–Crippen LogP) is -0.0613. The predicted molar refractivity (Wildman–Crippen MR) is 43.6 cm³/mol. The van der Waals surface area contributed by atoms with Gasteiger partial charge >= 0.3 is 5.97 Å². The molecule has 0 radical (unpaired) electrons. The molecule has 0 spiro atoms. The molecule has 0 unspecified atom stereocenters. The Morgan fingerprint density at radius 1 is 1.64 bits per heavy atom. The Bertz CT molecular complexity index is 160. The number of carbonyl (C=O) groups is 2. The SMILES string of the molecule is CNC(=O)C[C@@H](SC)C(=O)O. The second kappa shape index (κ2) is 5.01. The van der Waals surface area contributed by atoms with Gasteiger partial charge in [0, 0.05) is 13.5 Å². The number of hydrogen-bond donors (Lipinski definition) is 2. The Morgan fingerprint density at radius 3 is 2.45 bits per heavy atom. The van der Waals surface area contributed by atoms with Gasteiger partial charge in [0.25, 0.3) is 0 Å². The molecule has 1 atom stereocenters. The molecular formula is C6H11NO3S. The minimum Gasteiger partial charge on any atom is -0.480 e. The summed E-state index contributed by atoms with van der Waals surface area (Å²) in [6.07, 6.45) is 1.70. The summed E-state index contributed by atoms with van der Waals surface area (Å²) in [5, 5.41) is 10.3. The van der Waals surface area contributed by atoms with E-state index in [0.717, 1.165) is 11.8 Å². The highest BCUT2D eigenvalue weighted by molar-refractivity contribution is 7.99. The van der Waals surface area contributed by atoms with Gasteiger partial charge in [-0.3, -0.25) is 9.59 Å². The van der Waals surface area contributed by atoms with E-state index < -0.39 is 11.2 Å². The largest absolute Gasteiger partial charge is 0.480 e. The average molecular weight is 177 g/mol. The molecule has 1 amide bonds. The monoisotopic (exact) mass is 177 g/mol. The van der Waals surface area contributed by atoms with Gasteiger partial charge in [-0.1, -0.05) is 0 Å². The molecule has 0 rings (SSSR count). The third-order valence-electron chi connectivity index (χ3n) is 1.21. The van der Waals surface area contributed by atoms with Crippen molar-refractivity contribution < 1.29 is 14.7 Å². The van der Waals surface area contributed by atoms with Crippen LogP contribution in [-0.2, 0) is 9.59 Å². The minimum absolute atomic E-state index is 0.0347. The van der Waals surface area contributed by atoms with Gasteiger partial charge in [-0.2, -0.15) is 0 Å². The molecule has 0 heterocycles. The van der Waals surface area contributed by atoms with Crippen molar-refractivity contribution in [3.63, 3.8) is 0 Å². The third kappa shape index (κ3) is 3.87. The molecule has 0 aliphatic carbocycles. The fraction of sp³-hybridized carbons (Fsp3) is 0.667. The Balaban J connectivity index is 3.88. The van der Waals surface area contributed by atoms with Crippen molar-refractivity contribution in [3.05, 3.63) is 0 Å². The molecule has 0 aromatic heterocycles. The van der Waals surface area contributed by atoms with Gasteiger partial charge in [-0.05, 0) is 6.26 Å². The molecule has 2 N–H and O–H groups in total. The molecule has 5 heteroatoms. The summed E-state index contributed by atoms with van der Waals surface area (Å²) in [4.78, 5) is 21.1. The van der Waals surface area contributed by atoms with Gasteiger partial charge < -0.3 is 10.4 Å². The fourth-order valence-electron chi connectivity index (χ4n) is 0.542. The minimum atomic E-state index is -0.943. The van der Waals surface area contributed by atoms with Crippen LogP contribution in [0.1, 0.15) is 6.42 Å². The molecule has 64 valence electrons. The first-order valence-electron chi connectivity index (χ1n) is 3.08. The number of hydrogen-bond acceptors (Lipinski definition) is 3. The first-order valence-corrected chi connectivity index (χ1v) is 4.36. The number of nitrogens with one attached hydrogen (secondary N) is 1. The van der Waals surface area contributed by atoms with Crippen LogP contribution in [0.4, 0.5) is 0 Å². The molecule has 4 nitrogen and oxygen atoms in total. The molecule has 0 aliphatic rings. The lowest BCUT2D eigenvalue weighted by Crippen LogP contribution is -2.26. The van der Waals surface area contributed by atoms with Crippen LogP contribution in [0.15, 0.2) is 0 Å². The number of carboxylic acid groups (broad SMARTS) is 1. The smallest absolute Gasteiger partial charge is 0.317 e. The zero-order valence-electron chi connectivity index (χ0n) is 6.46. The van der Waals surface area contributed by atoms with Gasteiger partial charge in [-0.25, -0.2) is 0 Å². The second-order valence-electron chi connectivity index (χ2n) is 1.94. The summed E-state index contributed by atoms with van der Waals surface area (Å²) in [6.45, 7) is 0. The summed E-state index contributed by atoms with van der Waals surface area (Å²) in [7, 11) is 1.49. The molecule has 11 heavy (non-hydrogen) atoms. The molecular weight excluding hydrogens is 166 g/mol. The second-order valence-corrected chi connectivity index (χ2v) is 2.98. The van der Waals surface area contributed by atoms with Crippen molar-refractivity contribution in [1.29, 1.82) is 0 Å². The van der Waals surface area contributed by atoms with Crippen molar-refractivity contribution in [1.82, 2.24) is 5.32 Å². The molecule has 0 bridgehead atoms. The summed E-state index contributed by atoms with van der Waals surface area (Å²) >= 11 is 1.16. The maximum atomic E-state index is 10.7. The van der Waals surface area contributed by atoms with Crippen LogP contribution >= 0.6 is 11.8 Å². The number of carbonyl (C=O) groups excluding carboxylic acids is 1. The lowest BCUT2D eigenvalue weighted by Gasteiger charge is -2.06. The van der Waals surface area contributed by atoms with E-state index in [-0.39, 0.29) is 12.3 Å². The van der Waals surface area contributed by atoms with Gasteiger partial charge in [0.2, 0.25) is 5.91 Å². The number of aliphatic carboxylic acids is 1. The van der Waals surface area contributed by atoms with E-state index in [0.29, 0.717) is 0 Å². The van der Waals surface area contributed by atoms with Crippen molar-refractivity contribution in [2.75, 3.05) is 13.3 Å². The number of amides is 1. The lowest BCUT2D eigenvalue weighted by molar-refractivity contribution is -0.138. The molecule has 0 saturated carbocycles. The van der Waals surface area contributed by atoms with Gasteiger partial charge in [0.15, 0.2) is 0 Å². The molecule has 0 aliphatic heterocycles. The summed E-state index contributed by atoms with van der Waals surface area (Å²) in [5.74, 6) is -1.19. The van der Waals surface area contributed by atoms with Crippen LogP contribution in [-0.4, -0.2) is 35.5 Å². The van der Waals surface area contributed by atoms with E-state index >= 15 is 0 Å². The summed E-state index contributed by atoms with van der Waals surface area (Å²) in [6, 6.07) is 0. The van der Waals surface area contributed by atoms with Crippen molar-refractivity contribution in [2.24, 2.45) is 0 Å².